The van der Waals surface area contributed by atoms with E-state index in [9.17, 15) is 5.11 Å². The Kier molecular flexibility index (Phi) is 3.15. The van der Waals surface area contributed by atoms with E-state index < -0.39 is 5.41 Å². The summed E-state index contributed by atoms with van der Waals surface area (Å²) >= 11 is 0. The molecule has 0 saturated carbocycles. The van der Waals surface area contributed by atoms with Crippen molar-refractivity contribution in [2.24, 2.45) is 0 Å². The van der Waals surface area contributed by atoms with E-state index >= 15 is 0 Å². The smallest absolute Gasteiger partial charge is 0.168 e. The maximum absolute atomic E-state index is 9.52. The maximum Gasteiger partial charge on any atom is 0.168 e. The molecule has 0 amide bonds. The molecule has 0 bridgehead atoms. The van der Waals surface area contributed by atoms with E-state index in [1.165, 1.54) is 0 Å². The lowest BCUT2D eigenvalue weighted by atomic mass is 9.84. The number of aliphatic hydroxyl groups is 1. The van der Waals surface area contributed by atoms with Gasteiger partial charge in [0.05, 0.1) is 13.7 Å². The average molecular weight is 238 g/mol. The summed E-state index contributed by atoms with van der Waals surface area (Å²) in [6, 6.07) is 3.69. The van der Waals surface area contributed by atoms with E-state index in [2.05, 4.69) is 0 Å². The lowest BCUT2D eigenvalue weighted by Crippen LogP contribution is -2.26. The fourth-order valence-electron chi connectivity index (χ4n) is 1.99. The maximum atomic E-state index is 9.52. The molecule has 0 radical (unpaired) electrons. The van der Waals surface area contributed by atoms with Crippen molar-refractivity contribution in [1.29, 1.82) is 0 Å². The lowest BCUT2D eigenvalue weighted by Gasteiger charge is -2.30. The molecule has 0 saturated heterocycles. The Labute approximate surface area is 101 Å². The first kappa shape index (κ1) is 12.0. The highest BCUT2D eigenvalue weighted by molar-refractivity contribution is 5.57. The van der Waals surface area contributed by atoms with Gasteiger partial charge in [-0.25, -0.2) is 0 Å². The third kappa shape index (κ3) is 2.05. The van der Waals surface area contributed by atoms with Crippen LogP contribution >= 0.6 is 0 Å². The minimum absolute atomic E-state index is 0.0170. The third-order valence-electron chi connectivity index (χ3n) is 2.96. The molecule has 0 aromatic heterocycles. The second-order valence-electron chi connectivity index (χ2n) is 4.71. The van der Waals surface area contributed by atoms with Crippen LogP contribution in [0, 0.1) is 0 Å². The Morgan fingerprint density at radius 2 is 2.00 bits per heavy atom. The Morgan fingerprint density at radius 1 is 1.29 bits per heavy atom. The van der Waals surface area contributed by atoms with Crippen LogP contribution in [0.4, 0.5) is 0 Å². The van der Waals surface area contributed by atoms with Crippen LogP contribution in [0.25, 0.3) is 0 Å². The Bertz CT molecular complexity index is 412. The summed E-state index contributed by atoms with van der Waals surface area (Å²) in [5, 5.41) is 9.52. The van der Waals surface area contributed by atoms with Crippen LogP contribution in [0.15, 0.2) is 12.1 Å². The van der Waals surface area contributed by atoms with Crippen LogP contribution in [-0.4, -0.2) is 32.0 Å². The molecule has 0 atom stereocenters. The summed E-state index contributed by atoms with van der Waals surface area (Å²) in [5.41, 5.74) is 0.428. The summed E-state index contributed by atoms with van der Waals surface area (Å²) < 4.78 is 16.6. The number of hydrogen-bond acceptors (Lipinski definition) is 4. The molecule has 1 heterocycles. The number of methoxy groups -OCH3 is 1. The number of ether oxygens (including phenoxy) is 3. The van der Waals surface area contributed by atoms with Crippen LogP contribution < -0.4 is 14.2 Å². The van der Waals surface area contributed by atoms with Crippen LogP contribution in [-0.2, 0) is 5.41 Å². The minimum atomic E-state index is -0.433. The first-order valence-electron chi connectivity index (χ1n) is 5.68. The molecular weight excluding hydrogens is 220 g/mol. The monoisotopic (exact) mass is 238 g/mol. The number of aliphatic hydroxyl groups excluding tert-OH is 1. The molecule has 0 aliphatic carbocycles. The molecule has 94 valence electrons. The number of benzene rings is 1. The van der Waals surface area contributed by atoms with Crippen molar-refractivity contribution in [2.75, 3.05) is 26.9 Å². The third-order valence-corrected chi connectivity index (χ3v) is 2.96. The van der Waals surface area contributed by atoms with Gasteiger partial charge >= 0.3 is 0 Å². The van der Waals surface area contributed by atoms with E-state index in [0.717, 1.165) is 5.56 Å². The van der Waals surface area contributed by atoms with Crippen molar-refractivity contribution in [1.82, 2.24) is 0 Å². The van der Waals surface area contributed by atoms with Crippen molar-refractivity contribution in [3.63, 3.8) is 0 Å². The molecule has 1 aromatic rings. The largest absolute Gasteiger partial charge is 0.496 e. The topological polar surface area (TPSA) is 47.9 Å². The predicted molar refractivity (Wildman–Crippen MR) is 64.1 cm³/mol. The summed E-state index contributed by atoms with van der Waals surface area (Å²) in [5.74, 6) is 2.12. The molecule has 1 aliphatic heterocycles. The van der Waals surface area contributed by atoms with Gasteiger partial charge in [0.25, 0.3) is 0 Å². The zero-order valence-corrected chi connectivity index (χ0v) is 10.4. The summed E-state index contributed by atoms with van der Waals surface area (Å²) in [7, 11) is 1.61. The molecule has 0 unspecified atom stereocenters. The molecule has 2 rings (SSSR count). The van der Waals surface area contributed by atoms with E-state index in [0.29, 0.717) is 30.5 Å². The normalized spacial score (nSPS) is 14.6. The minimum Gasteiger partial charge on any atom is -0.496 e. The SMILES string of the molecule is COc1ccc2c(c1C(C)(C)CO)OCCO2. The fourth-order valence-corrected chi connectivity index (χ4v) is 1.99. The van der Waals surface area contributed by atoms with Crippen LogP contribution in [0.5, 0.6) is 17.2 Å². The van der Waals surface area contributed by atoms with Gasteiger partial charge in [0.1, 0.15) is 19.0 Å². The van der Waals surface area contributed by atoms with Gasteiger partial charge in [-0.05, 0) is 12.1 Å². The van der Waals surface area contributed by atoms with Gasteiger partial charge in [-0.15, -0.1) is 0 Å². The first-order valence-corrected chi connectivity index (χ1v) is 5.68. The lowest BCUT2D eigenvalue weighted by molar-refractivity contribution is 0.159. The van der Waals surface area contributed by atoms with Crippen LogP contribution in [0.3, 0.4) is 0 Å². The number of hydrogen-bond donors (Lipinski definition) is 1. The second-order valence-corrected chi connectivity index (χ2v) is 4.71. The summed E-state index contributed by atoms with van der Waals surface area (Å²) in [4.78, 5) is 0. The van der Waals surface area contributed by atoms with Gasteiger partial charge in [-0.3, -0.25) is 0 Å². The van der Waals surface area contributed by atoms with Gasteiger partial charge in [-0.1, -0.05) is 13.8 Å². The average Bonchev–Trinajstić information content (AvgIpc) is 2.37. The molecule has 1 aliphatic rings. The fraction of sp³-hybridized carbons (Fsp3) is 0.538. The molecule has 1 aromatic carbocycles. The quantitative estimate of drug-likeness (QED) is 0.871. The van der Waals surface area contributed by atoms with Gasteiger partial charge in [0, 0.05) is 11.0 Å². The van der Waals surface area contributed by atoms with Crippen LogP contribution in [0.2, 0.25) is 0 Å². The highest BCUT2D eigenvalue weighted by Gasteiger charge is 2.31. The van der Waals surface area contributed by atoms with Crippen molar-refractivity contribution >= 4 is 0 Å². The Morgan fingerprint density at radius 3 is 2.65 bits per heavy atom. The number of rotatable bonds is 3. The molecule has 4 heteroatoms. The van der Waals surface area contributed by atoms with Crippen molar-refractivity contribution in [2.45, 2.75) is 19.3 Å². The van der Waals surface area contributed by atoms with E-state index in [1.54, 1.807) is 7.11 Å². The molecule has 1 N–H and O–H groups in total. The van der Waals surface area contributed by atoms with Gasteiger partial charge in [-0.2, -0.15) is 0 Å². The molecule has 17 heavy (non-hydrogen) atoms. The van der Waals surface area contributed by atoms with Gasteiger partial charge in [0.15, 0.2) is 11.5 Å². The Balaban J connectivity index is 2.60. The van der Waals surface area contributed by atoms with Gasteiger partial charge < -0.3 is 19.3 Å². The van der Waals surface area contributed by atoms with Crippen LogP contribution in [0.1, 0.15) is 19.4 Å². The van der Waals surface area contributed by atoms with E-state index in [4.69, 9.17) is 14.2 Å². The number of fused-ring (bicyclic) bond motifs is 1. The molecule has 0 spiro atoms. The summed E-state index contributed by atoms with van der Waals surface area (Å²) in [6.45, 7) is 4.99. The van der Waals surface area contributed by atoms with Gasteiger partial charge in [0.2, 0.25) is 0 Å². The highest BCUT2D eigenvalue weighted by Crippen LogP contribution is 2.45. The zero-order chi connectivity index (χ0) is 12.5. The van der Waals surface area contributed by atoms with Crippen molar-refractivity contribution in [3.05, 3.63) is 17.7 Å². The second kappa shape index (κ2) is 4.45. The first-order chi connectivity index (χ1) is 8.10. The summed E-state index contributed by atoms with van der Waals surface area (Å²) in [6.07, 6.45) is 0. The standard InChI is InChI=1S/C13H18O4/c1-13(2,8-14)11-9(15-3)4-5-10-12(11)17-7-6-16-10/h4-5,14H,6-8H2,1-3H3. The van der Waals surface area contributed by atoms with E-state index in [1.807, 2.05) is 26.0 Å². The van der Waals surface area contributed by atoms with Crippen molar-refractivity contribution < 1.29 is 19.3 Å². The molecule has 0 fully saturated rings. The molecule has 4 nitrogen and oxygen atoms in total. The predicted octanol–water partition coefficient (Wildman–Crippen LogP) is 1.74. The van der Waals surface area contributed by atoms with Crippen molar-refractivity contribution in [3.8, 4) is 17.2 Å². The Hall–Kier alpha value is -1.42. The van der Waals surface area contributed by atoms with E-state index in [-0.39, 0.29) is 6.61 Å². The molecular formula is C13H18O4. The zero-order valence-electron chi connectivity index (χ0n) is 10.4. The highest BCUT2D eigenvalue weighted by atomic mass is 16.6.